The molecule has 0 aliphatic carbocycles. The number of nitrogens with one attached hydrogen (secondary N) is 1. The highest BCUT2D eigenvalue weighted by Crippen LogP contribution is 2.34. The summed E-state index contributed by atoms with van der Waals surface area (Å²) in [6.45, 7) is 4.03. The maximum absolute atomic E-state index is 12.2. The average Bonchev–Trinajstić information content (AvgIpc) is 2.41. The van der Waals surface area contributed by atoms with Gasteiger partial charge in [-0.2, -0.15) is 0 Å². The molecule has 0 saturated carbocycles. The predicted octanol–water partition coefficient (Wildman–Crippen LogP) is 1.56. The smallest absolute Gasteiger partial charge is 0.312 e. The summed E-state index contributed by atoms with van der Waals surface area (Å²) in [5.74, 6) is -0.0721. The number of hydrogen-bond acceptors (Lipinski definition) is 4. The molecule has 1 saturated heterocycles. The minimum absolute atomic E-state index is 0.0721. The molecule has 2 heterocycles. The van der Waals surface area contributed by atoms with Gasteiger partial charge in [-0.3, -0.25) is 9.78 Å². The highest BCUT2D eigenvalue weighted by atomic mass is 16.5. The van der Waals surface area contributed by atoms with Crippen LogP contribution < -0.4 is 5.32 Å². The van der Waals surface area contributed by atoms with E-state index in [-0.39, 0.29) is 5.97 Å². The lowest BCUT2D eigenvalue weighted by Crippen LogP contribution is -2.44. The standard InChI is InChI=1S/C14H20N2O2/c1-2-18-13(17)14(6-9-15-10-7-14)11-12-5-3-4-8-16-12/h3-5,8,15H,2,6-7,9-11H2,1H3. The molecule has 18 heavy (non-hydrogen) atoms. The van der Waals surface area contributed by atoms with Gasteiger partial charge < -0.3 is 10.1 Å². The Labute approximate surface area is 108 Å². The highest BCUT2D eigenvalue weighted by molar-refractivity contribution is 5.77. The molecule has 4 heteroatoms. The van der Waals surface area contributed by atoms with Gasteiger partial charge in [0.05, 0.1) is 12.0 Å². The van der Waals surface area contributed by atoms with Gasteiger partial charge in [0.15, 0.2) is 0 Å². The number of rotatable bonds is 4. The lowest BCUT2D eigenvalue weighted by molar-refractivity contribution is -0.157. The third-order valence-corrected chi connectivity index (χ3v) is 3.51. The average molecular weight is 248 g/mol. The van der Waals surface area contributed by atoms with Crippen LogP contribution in [0.15, 0.2) is 24.4 Å². The number of esters is 1. The second kappa shape index (κ2) is 5.96. The van der Waals surface area contributed by atoms with Crippen molar-refractivity contribution in [3.63, 3.8) is 0 Å². The van der Waals surface area contributed by atoms with E-state index < -0.39 is 5.41 Å². The second-order valence-electron chi connectivity index (χ2n) is 4.75. The lowest BCUT2D eigenvalue weighted by Gasteiger charge is -2.35. The van der Waals surface area contributed by atoms with Crippen molar-refractivity contribution in [2.75, 3.05) is 19.7 Å². The molecule has 0 bridgehead atoms. The van der Waals surface area contributed by atoms with Crippen LogP contribution in [-0.2, 0) is 16.0 Å². The van der Waals surface area contributed by atoms with Gasteiger partial charge in [0.2, 0.25) is 0 Å². The number of carbonyl (C=O) groups excluding carboxylic acids is 1. The molecule has 1 aliphatic heterocycles. The number of nitrogens with zero attached hydrogens (tertiary/aromatic N) is 1. The van der Waals surface area contributed by atoms with Crippen LogP contribution in [0.2, 0.25) is 0 Å². The molecule has 1 fully saturated rings. The molecule has 0 radical (unpaired) electrons. The number of aromatic nitrogens is 1. The predicted molar refractivity (Wildman–Crippen MR) is 69.1 cm³/mol. The SMILES string of the molecule is CCOC(=O)C1(Cc2ccccn2)CCNCC1. The molecule has 4 nitrogen and oxygen atoms in total. The second-order valence-corrected chi connectivity index (χ2v) is 4.75. The Morgan fingerprint density at radius 3 is 2.83 bits per heavy atom. The minimum Gasteiger partial charge on any atom is -0.466 e. The number of hydrogen-bond donors (Lipinski definition) is 1. The van der Waals surface area contributed by atoms with Crippen LogP contribution in [0.3, 0.4) is 0 Å². The van der Waals surface area contributed by atoms with Crippen molar-refractivity contribution >= 4 is 5.97 Å². The molecule has 98 valence electrons. The zero-order valence-electron chi connectivity index (χ0n) is 10.8. The Morgan fingerprint density at radius 1 is 1.44 bits per heavy atom. The molecular formula is C14H20N2O2. The molecule has 0 aromatic carbocycles. The highest BCUT2D eigenvalue weighted by Gasteiger charge is 2.41. The van der Waals surface area contributed by atoms with Crippen LogP contribution in [0, 0.1) is 5.41 Å². The molecule has 1 aliphatic rings. The number of piperidine rings is 1. The van der Waals surface area contributed by atoms with E-state index in [1.807, 2.05) is 25.1 Å². The van der Waals surface area contributed by atoms with Crippen LogP contribution >= 0.6 is 0 Å². The maximum Gasteiger partial charge on any atom is 0.312 e. The van der Waals surface area contributed by atoms with Gasteiger partial charge in [-0.1, -0.05) is 6.07 Å². The Morgan fingerprint density at radius 2 is 2.22 bits per heavy atom. The van der Waals surface area contributed by atoms with Crippen molar-refractivity contribution in [2.45, 2.75) is 26.2 Å². The molecule has 0 unspecified atom stereocenters. The van der Waals surface area contributed by atoms with Gasteiger partial charge in [-0.05, 0) is 45.0 Å². The minimum atomic E-state index is -0.393. The van der Waals surface area contributed by atoms with Gasteiger partial charge in [-0.15, -0.1) is 0 Å². The van der Waals surface area contributed by atoms with E-state index >= 15 is 0 Å². The molecule has 0 atom stereocenters. The fourth-order valence-electron chi connectivity index (χ4n) is 2.49. The number of pyridine rings is 1. The summed E-state index contributed by atoms with van der Waals surface area (Å²) in [6, 6.07) is 5.83. The van der Waals surface area contributed by atoms with E-state index in [9.17, 15) is 4.79 Å². The third-order valence-electron chi connectivity index (χ3n) is 3.51. The van der Waals surface area contributed by atoms with Crippen molar-refractivity contribution in [2.24, 2.45) is 5.41 Å². The van der Waals surface area contributed by atoms with E-state index in [1.165, 1.54) is 0 Å². The summed E-state index contributed by atoms with van der Waals surface area (Å²) >= 11 is 0. The topological polar surface area (TPSA) is 51.2 Å². The van der Waals surface area contributed by atoms with Crippen LogP contribution in [0.1, 0.15) is 25.5 Å². The van der Waals surface area contributed by atoms with E-state index in [2.05, 4.69) is 10.3 Å². The number of carbonyl (C=O) groups is 1. The zero-order valence-corrected chi connectivity index (χ0v) is 10.8. The maximum atomic E-state index is 12.2. The molecule has 0 spiro atoms. The Kier molecular flexibility index (Phi) is 4.31. The molecule has 1 aromatic heterocycles. The Balaban J connectivity index is 2.16. The third kappa shape index (κ3) is 2.88. The van der Waals surface area contributed by atoms with E-state index in [4.69, 9.17) is 4.74 Å². The molecule has 1 aromatic rings. The first-order chi connectivity index (χ1) is 8.77. The van der Waals surface area contributed by atoms with Crippen molar-refractivity contribution in [1.82, 2.24) is 10.3 Å². The first-order valence-corrected chi connectivity index (χ1v) is 6.55. The first kappa shape index (κ1) is 13.0. The van der Waals surface area contributed by atoms with Gasteiger partial charge in [0, 0.05) is 18.3 Å². The largest absolute Gasteiger partial charge is 0.466 e. The van der Waals surface area contributed by atoms with Crippen LogP contribution in [0.5, 0.6) is 0 Å². The zero-order chi connectivity index (χ0) is 12.8. The summed E-state index contributed by atoms with van der Waals surface area (Å²) in [4.78, 5) is 16.6. The van der Waals surface area contributed by atoms with Gasteiger partial charge >= 0.3 is 5.97 Å². The Bertz CT molecular complexity index is 386. The van der Waals surface area contributed by atoms with Crippen LogP contribution in [-0.4, -0.2) is 30.6 Å². The molecular weight excluding hydrogens is 228 g/mol. The Hall–Kier alpha value is -1.42. The lowest BCUT2D eigenvalue weighted by atomic mass is 9.75. The molecule has 2 rings (SSSR count). The fraction of sp³-hybridized carbons (Fsp3) is 0.571. The summed E-state index contributed by atoms with van der Waals surface area (Å²) in [6.07, 6.45) is 4.09. The molecule has 1 N–H and O–H groups in total. The van der Waals surface area contributed by atoms with Crippen LogP contribution in [0.4, 0.5) is 0 Å². The fourth-order valence-corrected chi connectivity index (χ4v) is 2.49. The molecule has 0 amide bonds. The first-order valence-electron chi connectivity index (χ1n) is 6.55. The monoisotopic (exact) mass is 248 g/mol. The summed E-state index contributed by atoms with van der Waals surface area (Å²) in [7, 11) is 0. The number of ether oxygens (including phenoxy) is 1. The van der Waals surface area contributed by atoms with Crippen molar-refractivity contribution in [1.29, 1.82) is 0 Å². The summed E-state index contributed by atoms with van der Waals surface area (Å²) in [5.41, 5.74) is 0.572. The van der Waals surface area contributed by atoms with Gasteiger partial charge in [0.25, 0.3) is 0 Å². The van der Waals surface area contributed by atoms with Crippen molar-refractivity contribution in [3.05, 3.63) is 30.1 Å². The van der Waals surface area contributed by atoms with Gasteiger partial charge in [0.1, 0.15) is 0 Å². The quantitative estimate of drug-likeness (QED) is 0.822. The van der Waals surface area contributed by atoms with Crippen molar-refractivity contribution < 1.29 is 9.53 Å². The summed E-state index contributed by atoms with van der Waals surface area (Å²) < 4.78 is 5.26. The van der Waals surface area contributed by atoms with E-state index in [0.29, 0.717) is 13.0 Å². The summed E-state index contributed by atoms with van der Waals surface area (Å²) in [5, 5.41) is 3.29. The van der Waals surface area contributed by atoms with Crippen molar-refractivity contribution in [3.8, 4) is 0 Å². The van der Waals surface area contributed by atoms with E-state index in [0.717, 1.165) is 31.6 Å². The van der Waals surface area contributed by atoms with Crippen LogP contribution in [0.25, 0.3) is 0 Å². The van der Waals surface area contributed by atoms with Gasteiger partial charge in [-0.25, -0.2) is 0 Å². The van der Waals surface area contributed by atoms with E-state index in [1.54, 1.807) is 6.20 Å². The normalized spacial score (nSPS) is 18.3.